The lowest BCUT2D eigenvalue weighted by atomic mass is 10.1. The molecule has 3 N–H and O–H groups in total. The number of nitrogens with zero attached hydrogens (tertiary/aromatic N) is 1. The van der Waals surface area contributed by atoms with Crippen LogP contribution in [0.25, 0.3) is 10.4 Å². The maximum Gasteiger partial charge on any atom is 0.356 e. The van der Waals surface area contributed by atoms with E-state index in [2.05, 4.69) is 4.98 Å². The lowest BCUT2D eigenvalue weighted by Gasteiger charge is -2.08. The summed E-state index contributed by atoms with van der Waals surface area (Å²) in [6.45, 7) is 0. The van der Waals surface area contributed by atoms with E-state index in [0.29, 0.717) is 21.9 Å². The van der Waals surface area contributed by atoms with Crippen molar-refractivity contribution in [3.63, 3.8) is 0 Å². The van der Waals surface area contributed by atoms with Gasteiger partial charge in [-0.05, 0) is 23.8 Å². The van der Waals surface area contributed by atoms with E-state index in [0.717, 1.165) is 11.3 Å². The number of carboxylic acids is 1. The highest BCUT2D eigenvalue weighted by atomic mass is 32.1. The third kappa shape index (κ3) is 2.45. The fourth-order valence-corrected chi connectivity index (χ4v) is 2.48. The molecule has 0 spiro atoms. The van der Waals surface area contributed by atoms with Gasteiger partial charge in [-0.1, -0.05) is 11.3 Å². The number of aromatic carboxylic acids is 1. The molecule has 0 amide bonds. The number of nitrogen functional groups attached to an aromatic ring is 1. The van der Waals surface area contributed by atoms with Gasteiger partial charge in [-0.15, -0.1) is 0 Å². The van der Waals surface area contributed by atoms with Crippen molar-refractivity contribution in [3.8, 4) is 21.9 Å². The molecule has 2 aromatic rings. The average Bonchev–Trinajstić information content (AvgIpc) is 2.80. The van der Waals surface area contributed by atoms with Gasteiger partial charge in [0.15, 0.2) is 22.3 Å². The highest BCUT2D eigenvalue weighted by Gasteiger charge is 2.19. The second-order valence-corrected chi connectivity index (χ2v) is 4.64. The number of anilines is 1. The number of aromatic nitrogens is 1. The number of hydrogen-bond acceptors (Lipinski definition) is 6. The maximum atomic E-state index is 11.1. The van der Waals surface area contributed by atoms with Crippen molar-refractivity contribution in [1.29, 1.82) is 0 Å². The van der Waals surface area contributed by atoms with Gasteiger partial charge in [0, 0.05) is 0 Å². The fourth-order valence-electron chi connectivity index (χ4n) is 1.65. The highest BCUT2D eigenvalue weighted by Crippen LogP contribution is 2.37. The molecule has 2 rings (SSSR count). The van der Waals surface area contributed by atoms with Gasteiger partial charge in [0.2, 0.25) is 0 Å². The summed E-state index contributed by atoms with van der Waals surface area (Å²) in [6, 6.07) is 5.13. The van der Waals surface area contributed by atoms with E-state index in [1.807, 2.05) is 0 Å². The number of methoxy groups -OCH3 is 2. The van der Waals surface area contributed by atoms with Crippen molar-refractivity contribution in [3.05, 3.63) is 23.9 Å². The van der Waals surface area contributed by atoms with E-state index >= 15 is 0 Å². The maximum absolute atomic E-state index is 11.1. The zero-order chi connectivity index (χ0) is 14.0. The Bertz CT molecular complexity index is 624. The van der Waals surface area contributed by atoms with E-state index in [9.17, 15) is 4.79 Å². The van der Waals surface area contributed by atoms with Crippen LogP contribution in [0.4, 0.5) is 5.13 Å². The number of benzene rings is 1. The Morgan fingerprint density at radius 1 is 1.32 bits per heavy atom. The third-order valence-corrected chi connectivity index (χ3v) is 3.43. The van der Waals surface area contributed by atoms with E-state index in [1.165, 1.54) is 14.2 Å². The highest BCUT2D eigenvalue weighted by molar-refractivity contribution is 7.19. The van der Waals surface area contributed by atoms with Crippen LogP contribution in [-0.4, -0.2) is 30.3 Å². The minimum absolute atomic E-state index is 0.0604. The first-order valence-corrected chi connectivity index (χ1v) is 6.10. The first kappa shape index (κ1) is 13.2. The first-order valence-electron chi connectivity index (χ1n) is 5.28. The number of hydrogen-bond donors (Lipinski definition) is 2. The minimum Gasteiger partial charge on any atom is -0.493 e. The molecule has 0 atom stereocenters. The van der Waals surface area contributed by atoms with Gasteiger partial charge in [-0.25, -0.2) is 9.78 Å². The van der Waals surface area contributed by atoms with Crippen molar-refractivity contribution in [1.82, 2.24) is 4.98 Å². The van der Waals surface area contributed by atoms with Crippen LogP contribution in [0.1, 0.15) is 10.5 Å². The standard InChI is InChI=1S/C12H12N2O4S/c1-17-7-4-3-6(5-8(7)18-2)10-9(11(15)16)14-12(13)19-10/h3-5H,1-2H3,(H2,13,14)(H,15,16). The number of carbonyl (C=O) groups is 1. The Balaban J connectivity index is 2.56. The van der Waals surface area contributed by atoms with Gasteiger partial charge in [0.25, 0.3) is 0 Å². The van der Waals surface area contributed by atoms with Crippen LogP contribution in [0.5, 0.6) is 11.5 Å². The van der Waals surface area contributed by atoms with Crippen LogP contribution in [0.3, 0.4) is 0 Å². The third-order valence-electron chi connectivity index (χ3n) is 2.49. The summed E-state index contributed by atoms with van der Waals surface area (Å²) in [7, 11) is 3.05. The molecule has 0 radical (unpaired) electrons. The molecule has 0 unspecified atom stereocenters. The summed E-state index contributed by atoms with van der Waals surface area (Å²) in [4.78, 5) is 15.4. The quantitative estimate of drug-likeness (QED) is 0.890. The predicted octanol–water partition coefficient (Wildman–Crippen LogP) is 2.11. The van der Waals surface area contributed by atoms with Gasteiger partial charge in [-0.2, -0.15) is 0 Å². The van der Waals surface area contributed by atoms with E-state index < -0.39 is 5.97 Å². The van der Waals surface area contributed by atoms with Crippen molar-refractivity contribution in [2.45, 2.75) is 0 Å². The van der Waals surface area contributed by atoms with Gasteiger partial charge >= 0.3 is 5.97 Å². The minimum atomic E-state index is -1.11. The van der Waals surface area contributed by atoms with Crippen LogP contribution >= 0.6 is 11.3 Å². The van der Waals surface area contributed by atoms with Crippen molar-refractivity contribution < 1.29 is 19.4 Å². The van der Waals surface area contributed by atoms with Crippen LogP contribution in [0, 0.1) is 0 Å². The van der Waals surface area contributed by atoms with Gasteiger partial charge in [-0.3, -0.25) is 0 Å². The number of carboxylic acid groups (broad SMARTS) is 1. The van der Waals surface area contributed by atoms with Crippen molar-refractivity contribution >= 4 is 22.4 Å². The average molecular weight is 280 g/mol. The summed E-state index contributed by atoms with van der Waals surface area (Å²) in [5.41, 5.74) is 6.18. The molecular weight excluding hydrogens is 268 g/mol. The monoisotopic (exact) mass is 280 g/mol. The lowest BCUT2D eigenvalue weighted by molar-refractivity contribution is 0.0692. The number of nitrogens with two attached hydrogens (primary N) is 1. The summed E-state index contributed by atoms with van der Waals surface area (Å²) in [5, 5.41) is 9.31. The molecule has 7 heteroatoms. The summed E-state index contributed by atoms with van der Waals surface area (Å²) >= 11 is 1.12. The van der Waals surface area contributed by atoms with Gasteiger partial charge in [0.1, 0.15) is 0 Å². The number of rotatable bonds is 4. The molecule has 1 heterocycles. The Labute approximate surface area is 113 Å². The molecule has 19 heavy (non-hydrogen) atoms. The molecule has 0 saturated heterocycles. The Morgan fingerprint density at radius 3 is 2.58 bits per heavy atom. The van der Waals surface area contributed by atoms with Crippen LogP contribution in [0.2, 0.25) is 0 Å². The topological polar surface area (TPSA) is 94.7 Å². The molecule has 100 valence electrons. The summed E-state index contributed by atoms with van der Waals surface area (Å²) in [6.07, 6.45) is 0. The number of ether oxygens (including phenoxy) is 2. The molecule has 0 aliphatic rings. The van der Waals surface area contributed by atoms with Crippen molar-refractivity contribution in [2.75, 3.05) is 20.0 Å². The van der Waals surface area contributed by atoms with Gasteiger partial charge in [0.05, 0.1) is 19.1 Å². The fraction of sp³-hybridized carbons (Fsp3) is 0.167. The van der Waals surface area contributed by atoms with Crippen LogP contribution in [0.15, 0.2) is 18.2 Å². The molecule has 6 nitrogen and oxygen atoms in total. The lowest BCUT2D eigenvalue weighted by Crippen LogP contribution is -1.99. The molecule has 0 aliphatic heterocycles. The molecule has 0 aliphatic carbocycles. The molecule has 1 aromatic carbocycles. The zero-order valence-corrected chi connectivity index (χ0v) is 11.2. The first-order chi connectivity index (χ1) is 9.06. The molecule has 1 aromatic heterocycles. The zero-order valence-electron chi connectivity index (χ0n) is 10.3. The van der Waals surface area contributed by atoms with E-state index in [-0.39, 0.29) is 10.8 Å². The van der Waals surface area contributed by atoms with E-state index in [1.54, 1.807) is 18.2 Å². The Morgan fingerprint density at radius 2 is 2.00 bits per heavy atom. The normalized spacial score (nSPS) is 10.2. The largest absolute Gasteiger partial charge is 0.493 e. The summed E-state index contributed by atoms with van der Waals surface area (Å²) in [5.74, 6) is -0.0262. The second kappa shape index (κ2) is 5.15. The molecule has 0 fully saturated rings. The smallest absolute Gasteiger partial charge is 0.356 e. The Hall–Kier alpha value is -2.28. The van der Waals surface area contributed by atoms with Gasteiger partial charge < -0.3 is 20.3 Å². The second-order valence-electron chi connectivity index (χ2n) is 3.60. The molecular formula is C12H12N2O4S. The van der Waals surface area contributed by atoms with Crippen LogP contribution in [-0.2, 0) is 0 Å². The SMILES string of the molecule is COc1ccc(-c2sc(N)nc2C(=O)O)cc1OC. The number of thiazole rings is 1. The summed E-state index contributed by atoms with van der Waals surface area (Å²) < 4.78 is 10.3. The molecule has 0 bridgehead atoms. The van der Waals surface area contributed by atoms with E-state index in [4.69, 9.17) is 20.3 Å². The molecule has 0 saturated carbocycles. The Kier molecular flexibility index (Phi) is 3.57. The predicted molar refractivity (Wildman–Crippen MR) is 72.0 cm³/mol. The van der Waals surface area contributed by atoms with Crippen LogP contribution < -0.4 is 15.2 Å². The van der Waals surface area contributed by atoms with Crippen molar-refractivity contribution in [2.24, 2.45) is 0 Å².